The Morgan fingerprint density at radius 3 is 2.50 bits per heavy atom. The Kier molecular flexibility index (Phi) is 4.33. The number of aryl methyl sites for hydroxylation is 1. The number of aromatic nitrogens is 1. The van der Waals surface area contributed by atoms with Gasteiger partial charge >= 0.3 is 0 Å². The molecule has 1 aliphatic rings. The lowest BCUT2D eigenvalue weighted by molar-refractivity contribution is -0.117. The van der Waals surface area contributed by atoms with Crippen LogP contribution >= 0.6 is 0 Å². The molecule has 1 saturated heterocycles. The van der Waals surface area contributed by atoms with Gasteiger partial charge in [0.25, 0.3) is 5.91 Å². The zero-order valence-corrected chi connectivity index (χ0v) is 14.9. The number of halogens is 3. The van der Waals surface area contributed by atoms with Gasteiger partial charge in [-0.1, -0.05) is 0 Å². The highest BCUT2D eigenvalue weighted by Gasteiger charge is 2.31. The van der Waals surface area contributed by atoms with Crippen molar-refractivity contribution in [2.24, 2.45) is 7.05 Å². The number of carbonyl (C=O) groups is 2. The van der Waals surface area contributed by atoms with E-state index in [1.165, 1.54) is 27.7 Å². The monoisotopic (exact) mass is 387 g/mol. The third kappa shape index (κ3) is 2.90. The maximum Gasteiger partial charge on any atom is 0.274 e. The van der Waals surface area contributed by atoms with E-state index < -0.39 is 23.4 Å². The number of amides is 2. The van der Waals surface area contributed by atoms with E-state index in [9.17, 15) is 22.8 Å². The maximum atomic E-state index is 14.0. The van der Waals surface area contributed by atoms with E-state index in [0.717, 1.165) is 18.2 Å². The Labute approximate surface area is 158 Å². The summed E-state index contributed by atoms with van der Waals surface area (Å²) in [5, 5.41) is 2.76. The second-order valence-corrected chi connectivity index (χ2v) is 6.64. The average Bonchev–Trinajstić information content (AvgIpc) is 3.18. The number of hydrogen-bond donors (Lipinski definition) is 1. The second-order valence-electron chi connectivity index (χ2n) is 6.64. The molecule has 4 rings (SSSR count). The van der Waals surface area contributed by atoms with Crippen molar-refractivity contribution in [2.45, 2.75) is 12.8 Å². The first-order chi connectivity index (χ1) is 13.4. The highest BCUT2D eigenvalue weighted by Crippen LogP contribution is 2.37. The van der Waals surface area contributed by atoms with Crippen molar-refractivity contribution in [2.75, 3.05) is 16.8 Å². The van der Waals surface area contributed by atoms with E-state index in [1.54, 1.807) is 7.05 Å². The Hall–Kier alpha value is -3.29. The van der Waals surface area contributed by atoms with Crippen LogP contribution in [0.15, 0.2) is 36.4 Å². The molecule has 28 heavy (non-hydrogen) atoms. The molecule has 3 aromatic rings. The Morgan fingerprint density at radius 2 is 1.79 bits per heavy atom. The lowest BCUT2D eigenvalue weighted by Crippen LogP contribution is -2.27. The van der Waals surface area contributed by atoms with Gasteiger partial charge < -0.3 is 14.8 Å². The molecule has 0 unspecified atom stereocenters. The smallest absolute Gasteiger partial charge is 0.274 e. The summed E-state index contributed by atoms with van der Waals surface area (Å²) < 4.78 is 42.8. The largest absolute Gasteiger partial charge is 0.338 e. The summed E-state index contributed by atoms with van der Waals surface area (Å²) in [6.45, 7) is 0.392. The molecule has 0 bridgehead atoms. The summed E-state index contributed by atoms with van der Waals surface area (Å²) in [7, 11) is 1.60. The summed E-state index contributed by atoms with van der Waals surface area (Å²) in [5.74, 6) is -2.90. The average molecular weight is 387 g/mol. The Balaban J connectivity index is 1.88. The molecule has 144 valence electrons. The van der Waals surface area contributed by atoms with Crippen LogP contribution in [0, 0.1) is 17.5 Å². The first-order valence-corrected chi connectivity index (χ1v) is 8.71. The van der Waals surface area contributed by atoms with Crippen LogP contribution in [0.2, 0.25) is 0 Å². The standard InChI is InChI=1S/C20H16F3N3O2/c1-25-16-7-5-11(21)9-13(16)18(26-8-2-3-17(26)27)19(25)20(28)24-15-10-12(22)4-6-14(15)23/h4-7,9-10H,2-3,8H2,1H3,(H,24,28). The fourth-order valence-electron chi connectivity index (χ4n) is 3.59. The van der Waals surface area contributed by atoms with Gasteiger partial charge in [-0.25, -0.2) is 13.2 Å². The number of anilines is 2. The third-order valence-corrected chi connectivity index (χ3v) is 4.87. The first-order valence-electron chi connectivity index (χ1n) is 8.71. The summed E-state index contributed by atoms with van der Waals surface area (Å²) in [6.07, 6.45) is 0.940. The molecule has 2 heterocycles. The van der Waals surface area contributed by atoms with E-state index in [1.807, 2.05) is 0 Å². The van der Waals surface area contributed by atoms with Crippen LogP contribution in [0.25, 0.3) is 10.9 Å². The number of carbonyl (C=O) groups excluding carboxylic acids is 2. The summed E-state index contributed by atoms with van der Waals surface area (Å²) in [4.78, 5) is 26.8. The number of fused-ring (bicyclic) bond motifs is 1. The van der Waals surface area contributed by atoms with Gasteiger partial charge in [0.05, 0.1) is 16.9 Å². The lowest BCUT2D eigenvalue weighted by atomic mass is 10.2. The van der Waals surface area contributed by atoms with Gasteiger partial charge in [0.2, 0.25) is 5.91 Å². The fraction of sp³-hybridized carbons (Fsp3) is 0.200. The van der Waals surface area contributed by atoms with Crippen LogP contribution in [-0.4, -0.2) is 22.9 Å². The predicted molar refractivity (Wildman–Crippen MR) is 98.8 cm³/mol. The first kappa shape index (κ1) is 18.1. The van der Waals surface area contributed by atoms with Gasteiger partial charge in [0.1, 0.15) is 23.1 Å². The van der Waals surface area contributed by atoms with Crippen LogP contribution in [0.5, 0.6) is 0 Å². The van der Waals surface area contributed by atoms with Gasteiger partial charge in [-0.05, 0) is 36.8 Å². The molecule has 0 atom stereocenters. The molecular weight excluding hydrogens is 371 g/mol. The van der Waals surface area contributed by atoms with Crippen molar-refractivity contribution in [3.8, 4) is 0 Å². The molecule has 2 amide bonds. The van der Waals surface area contributed by atoms with Crippen LogP contribution < -0.4 is 10.2 Å². The molecule has 0 spiro atoms. The van der Waals surface area contributed by atoms with Gasteiger partial charge in [0.15, 0.2) is 0 Å². The minimum atomic E-state index is -0.793. The van der Waals surface area contributed by atoms with Gasteiger partial charge in [-0.15, -0.1) is 0 Å². The minimum absolute atomic E-state index is 0.0690. The molecule has 0 radical (unpaired) electrons. The Morgan fingerprint density at radius 1 is 1.07 bits per heavy atom. The van der Waals surface area contributed by atoms with Crippen molar-refractivity contribution in [1.29, 1.82) is 0 Å². The van der Waals surface area contributed by atoms with E-state index in [4.69, 9.17) is 0 Å². The topological polar surface area (TPSA) is 54.3 Å². The Bertz CT molecular complexity index is 1120. The minimum Gasteiger partial charge on any atom is -0.338 e. The van der Waals surface area contributed by atoms with Crippen LogP contribution in [-0.2, 0) is 11.8 Å². The highest BCUT2D eigenvalue weighted by molar-refractivity contribution is 6.17. The zero-order chi connectivity index (χ0) is 20.0. The third-order valence-electron chi connectivity index (χ3n) is 4.87. The van der Waals surface area contributed by atoms with E-state index in [2.05, 4.69) is 5.32 Å². The molecule has 1 fully saturated rings. The molecule has 5 nitrogen and oxygen atoms in total. The van der Waals surface area contributed by atoms with Gasteiger partial charge in [-0.2, -0.15) is 0 Å². The molecule has 1 aromatic heterocycles. The van der Waals surface area contributed by atoms with E-state index in [0.29, 0.717) is 30.3 Å². The van der Waals surface area contributed by atoms with Crippen LogP contribution in [0.1, 0.15) is 23.3 Å². The fourth-order valence-corrected chi connectivity index (χ4v) is 3.59. The van der Waals surface area contributed by atoms with Crippen molar-refractivity contribution >= 4 is 34.1 Å². The summed E-state index contributed by atoms with van der Waals surface area (Å²) >= 11 is 0. The number of hydrogen-bond acceptors (Lipinski definition) is 2. The number of rotatable bonds is 3. The second kappa shape index (κ2) is 6.70. The maximum absolute atomic E-state index is 14.0. The summed E-state index contributed by atoms with van der Waals surface area (Å²) in [5.41, 5.74) is 0.564. The van der Waals surface area contributed by atoms with Crippen molar-refractivity contribution in [3.05, 3.63) is 59.5 Å². The van der Waals surface area contributed by atoms with Crippen LogP contribution in [0.3, 0.4) is 0 Å². The van der Waals surface area contributed by atoms with Crippen molar-refractivity contribution in [3.63, 3.8) is 0 Å². The molecule has 0 aliphatic carbocycles. The van der Waals surface area contributed by atoms with E-state index >= 15 is 0 Å². The quantitative estimate of drug-likeness (QED) is 0.739. The van der Waals surface area contributed by atoms with Gasteiger partial charge in [0, 0.05) is 31.5 Å². The predicted octanol–water partition coefficient (Wildman–Crippen LogP) is 3.97. The normalized spacial score (nSPS) is 14.1. The molecule has 1 aliphatic heterocycles. The van der Waals surface area contributed by atoms with E-state index in [-0.39, 0.29) is 23.0 Å². The van der Waals surface area contributed by atoms with Gasteiger partial charge in [-0.3, -0.25) is 9.59 Å². The molecule has 1 N–H and O–H groups in total. The SMILES string of the molecule is Cn1c(C(=O)Nc2cc(F)ccc2F)c(N2CCCC2=O)c2cc(F)ccc21. The number of nitrogens with one attached hydrogen (secondary N) is 1. The van der Waals surface area contributed by atoms with Crippen molar-refractivity contribution < 1.29 is 22.8 Å². The van der Waals surface area contributed by atoms with Crippen LogP contribution in [0.4, 0.5) is 24.5 Å². The molecule has 8 heteroatoms. The molecule has 0 saturated carbocycles. The zero-order valence-electron chi connectivity index (χ0n) is 14.9. The summed E-state index contributed by atoms with van der Waals surface area (Å²) in [6, 6.07) is 6.75. The number of nitrogens with zero attached hydrogens (tertiary/aromatic N) is 2. The molecular formula is C20H16F3N3O2. The lowest BCUT2D eigenvalue weighted by Gasteiger charge is -2.18. The highest BCUT2D eigenvalue weighted by atomic mass is 19.1. The molecule has 2 aromatic carbocycles. The number of benzene rings is 2. The van der Waals surface area contributed by atoms with Crippen molar-refractivity contribution in [1.82, 2.24) is 4.57 Å².